The van der Waals surface area contributed by atoms with Gasteiger partial charge in [0, 0.05) is 11.6 Å². The molecular formula is C25H18N4O7. The van der Waals surface area contributed by atoms with E-state index in [0.29, 0.717) is 11.1 Å². The van der Waals surface area contributed by atoms with Gasteiger partial charge in [0.05, 0.1) is 29.2 Å². The highest BCUT2D eigenvalue weighted by molar-refractivity contribution is 5.99. The van der Waals surface area contributed by atoms with Gasteiger partial charge >= 0.3 is 5.69 Å². The summed E-state index contributed by atoms with van der Waals surface area (Å²) < 4.78 is 10.9. The predicted molar refractivity (Wildman–Crippen MR) is 132 cm³/mol. The highest BCUT2D eigenvalue weighted by Crippen LogP contribution is 2.38. The third-order valence-corrected chi connectivity index (χ3v) is 5.15. The Bertz CT molecular complexity index is 1520. The van der Waals surface area contributed by atoms with Crippen molar-refractivity contribution in [3.63, 3.8) is 0 Å². The summed E-state index contributed by atoms with van der Waals surface area (Å²) in [6, 6.07) is 20.7. The zero-order chi connectivity index (χ0) is 25.7. The largest absolute Gasteiger partial charge is 0.493 e. The number of nitro benzene ring substituents is 2. The van der Waals surface area contributed by atoms with Crippen LogP contribution in [0.3, 0.4) is 0 Å². The van der Waals surface area contributed by atoms with Gasteiger partial charge in [-0.05, 0) is 52.7 Å². The summed E-state index contributed by atoms with van der Waals surface area (Å²) in [5, 5.41) is 28.3. The molecule has 0 radical (unpaired) electrons. The van der Waals surface area contributed by atoms with Gasteiger partial charge in [-0.15, -0.1) is 0 Å². The van der Waals surface area contributed by atoms with Crippen LogP contribution in [0.5, 0.6) is 17.2 Å². The fourth-order valence-electron chi connectivity index (χ4n) is 3.38. The number of amides is 1. The van der Waals surface area contributed by atoms with Crippen molar-refractivity contribution in [2.24, 2.45) is 5.10 Å². The number of ether oxygens (including phenoxy) is 2. The van der Waals surface area contributed by atoms with Gasteiger partial charge < -0.3 is 9.47 Å². The molecular weight excluding hydrogens is 468 g/mol. The molecule has 11 nitrogen and oxygen atoms in total. The van der Waals surface area contributed by atoms with Gasteiger partial charge in [0.2, 0.25) is 5.75 Å². The Labute approximate surface area is 203 Å². The Morgan fingerprint density at radius 1 is 0.861 bits per heavy atom. The minimum absolute atomic E-state index is 0.110. The molecule has 0 bridgehead atoms. The number of hydrogen-bond acceptors (Lipinski definition) is 8. The maximum absolute atomic E-state index is 12.5. The quantitative estimate of drug-likeness (QED) is 0.204. The van der Waals surface area contributed by atoms with Crippen LogP contribution in [-0.4, -0.2) is 29.1 Å². The van der Waals surface area contributed by atoms with E-state index in [-0.39, 0.29) is 17.2 Å². The average molecular weight is 486 g/mol. The Morgan fingerprint density at radius 2 is 1.61 bits per heavy atom. The fraction of sp³-hybridized carbons (Fsp3) is 0.0400. The van der Waals surface area contributed by atoms with E-state index in [0.717, 1.165) is 29.0 Å². The molecule has 0 atom stereocenters. The Kier molecular flexibility index (Phi) is 6.82. The van der Waals surface area contributed by atoms with Crippen molar-refractivity contribution < 1.29 is 24.1 Å². The summed E-state index contributed by atoms with van der Waals surface area (Å²) in [6.07, 6.45) is 1.37. The van der Waals surface area contributed by atoms with E-state index in [9.17, 15) is 25.0 Å². The van der Waals surface area contributed by atoms with Crippen molar-refractivity contribution in [3.05, 3.63) is 110 Å². The summed E-state index contributed by atoms with van der Waals surface area (Å²) in [4.78, 5) is 33.3. The normalized spacial score (nSPS) is 10.8. The van der Waals surface area contributed by atoms with Crippen LogP contribution >= 0.6 is 0 Å². The maximum atomic E-state index is 12.5. The number of nitro groups is 2. The van der Waals surface area contributed by atoms with Crippen LogP contribution in [0.4, 0.5) is 11.4 Å². The van der Waals surface area contributed by atoms with E-state index >= 15 is 0 Å². The topological polar surface area (TPSA) is 146 Å². The molecule has 11 heteroatoms. The molecule has 0 unspecified atom stereocenters. The first kappa shape index (κ1) is 23.8. The average Bonchev–Trinajstić information content (AvgIpc) is 2.88. The first-order chi connectivity index (χ1) is 17.4. The van der Waals surface area contributed by atoms with Gasteiger partial charge in [0.25, 0.3) is 11.6 Å². The number of benzene rings is 4. The molecule has 0 saturated carbocycles. The molecule has 36 heavy (non-hydrogen) atoms. The predicted octanol–water partition coefficient (Wildman–Crippen LogP) is 5.22. The Hall–Kier alpha value is -5.32. The number of methoxy groups -OCH3 is 1. The minimum atomic E-state index is -0.775. The summed E-state index contributed by atoms with van der Waals surface area (Å²) in [7, 11) is 1.39. The zero-order valence-corrected chi connectivity index (χ0v) is 18.8. The van der Waals surface area contributed by atoms with Crippen molar-refractivity contribution in [1.29, 1.82) is 0 Å². The SMILES string of the molecule is COc1ccc(/C=N\NC(=O)c2ccc3ccccc3c2)cc1Oc1ccc([N+](=O)[O-])cc1[N+](=O)[O-]. The lowest BCUT2D eigenvalue weighted by Crippen LogP contribution is -2.17. The summed E-state index contributed by atoms with van der Waals surface area (Å²) >= 11 is 0. The number of hydrogen-bond donors (Lipinski definition) is 1. The Balaban J connectivity index is 1.53. The van der Waals surface area contributed by atoms with Crippen LogP contribution in [0, 0.1) is 20.2 Å². The van der Waals surface area contributed by atoms with Crippen LogP contribution < -0.4 is 14.9 Å². The van der Waals surface area contributed by atoms with E-state index in [1.54, 1.807) is 24.3 Å². The molecule has 1 N–H and O–H groups in total. The Morgan fingerprint density at radius 3 is 2.33 bits per heavy atom. The highest BCUT2D eigenvalue weighted by Gasteiger charge is 2.22. The molecule has 0 fully saturated rings. The van der Waals surface area contributed by atoms with Crippen LogP contribution in [0.25, 0.3) is 10.8 Å². The standard InChI is InChI=1S/C25H18N4O7/c1-35-23-10-6-16(12-24(23)36-22-11-9-20(28(31)32)14-21(22)29(33)34)15-26-27-25(30)19-8-7-17-4-2-3-5-18(17)13-19/h2-15H,1H3,(H,27,30)/b26-15-. The maximum Gasteiger partial charge on any atom is 0.318 e. The highest BCUT2D eigenvalue weighted by atomic mass is 16.6. The van der Waals surface area contributed by atoms with E-state index < -0.39 is 27.1 Å². The molecule has 0 heterocycles. The smallest absolute Gasteiger partial charge is 0.318 e. The summed E-state index contributed by atoms with van der Waals surface area (Å²) in [6.45, 7) is 0. The zero-order valence-electron chi connectivity index (χ0n) is 18.8. The van der Waals surface area contributed by atoms with E-state index in [1.807, 2.05) is 30.3 Å². The van der Waals surface area contributed by atoms with Gasteiger partial charge in [-0.1, -0.05) is 30.3 Å². The third kappa shape index (κ3) is 5.25. The second-order valence-electron chi connectivity index (χ2n) is 7.44. The second-order valence-corrected chi connectivity index (χ2v) is 7.44. The van der Waals surface area contributed by atoms with Crippen molar-refractivity contribution in [2.75, 3.05) is 7.11 Å². The van der Waals surface area contributed by atoms with Gasteiger partial charge in [0.1, 0.15) is 0 Å². The van der Waals surface area contributed by atoms with Gasteiger partial charge in [0.15, 0.2) is 11.5 Å². The molecule has 4 aromatic rings. The molecule has 0 aliphatic rings. The van der Waals surface area contributed by atoms with E-state index in [1.165, 1.54) is 19.4 Å². The second kappa shape index (κ2) is 10.3. The number of rotatable bonds is 8. The minimum Gasteiger partial charge on any atom is -0.493 e. The number of carbonyl (C=O) groups is 1. The monoisotopic (exact) mass is 486 g/mol. The van der Waals surface area contributed by atoms with Crippen molar-refractivity contribution >= 4 is 34.3 Å². The van der Waals surface area contributed by atoms with E-state index in [2.05, 4.69) is 10.5 Å². The third-order valence-electron chi connectivity index (χ3n) is 5.15. The first-order valence-electron chi connectivity index (χ1n) is 10.5. The van der Waals surface area contributed by atoms with Crippen molar-refractivity contribution in [3.8, 4) is 17.2 Å². The molecule has 180 valence electrons. The van der Waals surface area contributed by atoms with Crippen molar-refractivity contribution in [2.45, 2.75) is 0 Å². The molecule has 4 rings (SSSR count). The number of nitrogens with one attached hydrogen (secondary N) is 1. The molecule has 0 aromatic heterocycles. The number of hydrazone groups is 1. The van der Waals surface area contributed by atoms with Crippen molar-refractivity contribution in [1.82, 2.24) is 5.43 Å². The number of fused-ring (bicyclic) bond motifs is 1. The molecule has 0 aliphatic carbocycles. The molecule has 1 amide bonds. The van der Waals surface area contributed by atoms with Crippen LogP contribution in [0.1, 0.15) is 15.9 Å². The fourth-order valence-corrected chi connectivity index (χ4v) is 3.38. The first-order valence-corrected chi connectivity index (χ1v) is 10.5. The number of non-ortho nitro benzene ring substituents is 1. The van der Waals surface area contributed by atoms with Crippen LogP contribution in [-0.2, 0) is 0 Å². The number of nitrogens with zero attached hydrogens (tertiary/aromatic N) is 3. The molecule has 0 aliphatic heterocycles. The van der Waals surface area contributed by atoms with Crippen LogP contribution in [0.2, 0.25) is 0 Å². The number of carbonyl (C=O) groups excluding carboxylic acids is 1. The van der Waals surface area contributed by atoms with Crippen LogP contribution in [0.15, 0.2) is 84.0 Å². The van der Waals surface area contributed by atoms with Gasteiger partial charge in [-0.25, -0.2) is 5.43 Å². The summed E-state index contributed by atoms with van der Waals surface area (Å²) in [5.41, 5.74) is 2.37. The lowest BCUT2D eigenvalue weighted by Gasteiger charge is -2.11. The molecule has 4 aromatic carbocycles. The summed E-state index contributed by atoms with van der Waals surface area (Å²) in [5.74, 6) is -0.231. The van der Waals surface area contributed by atoms with Gasteiger partial charge in [-0.3, -0.25) is 25.0 Å². The lowest BCUT2D eigenvalue weighted by molar-refractivity contribution is -0.394. The lowest BCUT2D eigenvalue weighted by atomic mass is 10.1. The van der Waals surface area contributed by atoms with E-state index in [4.69, 9.17) is 9.47 Å². The molecule has 0 spiro atoms. The molecule has 0 saturated heterocycles. The van der Waals surface area contributed by atoms with Gasteiger partial charge in [-0.2, -0.15) is 5.10 Å².